The maximum Gasteiger partial charge on any atom is 0.134 e. The van der Waals surface area contributed by atoms with Crippen molar-refractivity contribution in [2.45, 2.75) is 27.2 Å². The maximum absolute atomic E-state index is 4.42. The fourth-order valence-corrected chi connectivity index (χ4v) is 2.09. The van der Waals surface area contributed by atoms with Crippen LogP contribution < -0.4 is 5.32 Å². The van der Waals surface area contributed by atoms with Gasteiger partial charge in [0.05, 0.1) is 0 Å². The van der Waals surface area contributed by atoms with Gasteiger partial charge in [0.25, 0.3) is 0 Å². The minimum Gasteiger partial charge on any atom is -0.370 e. The number of hydrogen-bond acceptors (Lipinski definition) is 2. The molecule has 0 spiro atoms. The highest BCUT2D eigenvalue weighted by Crippen LogP contribution is 2.25. The predicted molar refractivity (Wildman–Crippen MR) is 70.0 cm³/mol. The van der Waals surface area contributed by atoms with E-state index in [-0.39, 0.29) is 0 Å². The van der Waals surface area contributed by atoms with E-state index in [0.717, 1.165) is 18.8 Å². The Morgan fingerprint density at radius 2 is 2.06 bits per heavy atom. The molecule has 1 heterocycles. The molecule has 0 amide bonds. The lowest BCUT2D eigenvalue weighted by atomic mass is 10.0. The zero-order valence-corrected chi connectivity index (χ0v) is 10.2. The minimum atomic E-state index is 0.972. The monoisotopic (exact) mass is 214 g/mol. The van der Waals surface area contributed by atoms with Gasteiger partial charge in [-0.2, -0.15) is 0 Å². The quantitative estimate of drug-likeness (QED) is 0.843. The van der Waals surface area contributed by atoms with Crippen LogP contribution in [0.1, 0.15) is 24.5 Å². The van der Waals surface area contributed by atoms with Crippen LogP contribution in [0.4, 0.5) is 5.82 Å². The van der Waals surface area contributed by atoms with E-state index in [9.17, 15) is 0 Å². The van der Waals surface area contributed by atoms with Crippen LogP contribution in [0.2, 0.25) is 0 Å². The number of aryl methyl sites for hydroxylation is 2. The summed E-state index contributed by atoms with van der Waals surface area (Å²) in [6.45, 7) is 7.41. The largest absolute Gasteiger partial charge is 0.370 e. The fraction of sp³-hybridized carbons (Fsp3) is 0.357. The molecule has 0 atom stereocenters. The number of nitrogens with one attached hydrogen (secondary N) is 1. The number of anilines is 1. The smallest absolute Gasteiger partial charge is 0.134 e. The Kier molecular flexibility index (Phi) is 3.09. The summed E-state index contributed by atoms with van der Waals surface area (Å²) in [6.07, 6.45) is 2.99. The van der Waals surface area contributed by atoms with Crippen LogP contribution in [-0.2, 0) is 0 Å². The number of pyridine rings is 1. The van der Waals surface area contributed by atoms with Crippen LogP contribution in [0.15, 0.2) is 24.4 Å². The van der Waals surface area contributed by atoms with Crippen LogP contribution in [0.5, 0.6) is 0 Å². The number of hydrogen-bond donors (Lipinski definition) is 1. The molecular formula is C14H18N2. The highest BCUT2D eigenvalue weighted by atomic mass is 15.0. The van der Waals surface area contributed by atoms with Gasteiger partial charge >= 0.3 is 0 Å². The van der Waals surface area contributed by atoms with Crippen molar-refractivity contribution < 1.29 is 0 Å². The number of nitrogens with zero attached hydrogens (tertiary/aromatic N) is 1. The first kappa shape index (κ1) is 10.9. The first-order valence-corrected chi connectivity index (χ1v) is 5.82. The molecule has 2 nitrogen and oxygen atoms in total. The van der Waals surface area contributed by atoms with Crippen molar-refractivity contribution in [1.29, 1.82) is 0 Å². The number of rotatable bonds is 3. The highest BCUT2D eigenvalue weighted by molar-refractivity contribution is 5.94. The molecule has 1 aromatic carbocycles. The van der Waals surface area contributed by atoms with E-state index in [1.165, 1.54) is 21.9 Å². The minimum absolute atomic E-state index is 0.972. The van der Waals surface area contributed by atoms with Gasteiger partial charge in [-0.25, -0.2) is 4.98 Å². The summed E-state index contributed by atoms with van der Waals surface area (Å²) >= 11 is 0. The molecule has 84 valence electrons. The molecule has 2 rings (SSSR count). The Morgan fingerprint density at radius 3 is 2.81 bits per heavy atom. The van der Waals surface area contributed by atoms with Crippen molar-refractivity contribution >= 4 is 16.6 Å². The van der Waals surface area contributed by atoms with Crippen molar-refractivity contribution in [3.63, 3.8) is 0 Å². The number of benzene rings is 1. The Morgan fingerprint density at radius 1 is 1.25 bits per heavy atom. The van der Waals surface area contributed by atoms with E-state index < -0.39 is 0 Å². The summed E-state index contributed by atoms with van der Waals surface area (Å²) in [6, 6.07) is 6.49. The molecule has 0 saturated carbocycles. The van der Waals surface area contributed by atoms with Crippen molar-refractivity contribution in [2.75, 3.05) is 11.9 Å². The molecule has 0 aliphatic heterocycles. The van der Waals surface area contributed by atoms with Gasteiger partial charge in [0.15, 0.2) is 0 Å². The SMILES string of the molecule is CCCNc1nccc2cc(C)cc(C)c12. The Bertz CT molecular complexity index is 503. The van der Waals surface area contributed by atoms with Gasteiger partial charge < -0.3 is 5.32 Å². The molecule has 0 radical (unpaired) electrons. The summed E-state index contributed by atoms with van der Waals surface area (Å²) in [5.74, 6) is 1.01. The second-order valence-corrected chi connectivity index (χ2v) is 4.27. The van der Waals surface area contributed by atoms with Gasteiger partial charge in [-0.1, -0.05) is 24.6 Å². The molecule has 1 aromatic heterocycles. The normalized spacial score (nSPS) is 10.7. The zero-order valence-electron chi connectivity index (χ0n) is 10.2. The Balaban J connectivity index is 2.57. The summed E-state index contributed by atoms with van der Waals surface area (Å²) < 4.78 is 0. The first-order valence-electron chi connectivity index (χ1n) is 5.82. The third-order valence-corrected chi connectivity index (χ3v) is 2.75. The van der Waals surface area contributed by atoms with E-state index in [2.05, 4.69) is 49.3 Å². The van der Waals surface area contributed by atoms with Crippen LogP contribution in [0.25, 0.3) is 10.8 Å². The third kappa shape index (κ3) is 2.01. The molecule has 2 aromatic rings. The predicted octanol–water partition coefficient (Wildman–Crippen LogP) is 3.67. The summed E-state index contributed by atoms with van der Waals surface area (Å²) in [4.78, 5) is 4.42. The molecule has 0 aliphatic rings. The lowest BCUT2D eigenvalue weighted by Crippen LogP contribution is -2.03. The molecule has 0 saturated heterocycles. The second-order valence-electron chi connectivity index (χ2n) is 4.27. The van der Waals surface area contributed by atoms with Crippen molar-refractivity contribution in [1.82, 2.24) is 4.98 Å². The van der Waals surface area contributed by atoms with Gasteiger partial charge in [0.2, 0.25) is 0 Å². The highest BCUT2D eigenvalue weighted by Gasteiger charge is 2.05. The number of fused-ring (bicyclic) bond motifs is 1. The molecule has 16 heavy (non-hydrogen) atoms. The molecule has 0 unspecified atom stereocenters. The van der Waals surface area contributed by atoms with E-state index >= 15 is 0 Å². The van der Waals surface area contributed by atoms with Gasteiger partial charge in [0.1, 0.15) is 5.82 Å². The van der Waals surface area contributed by atoms with Gasteiger partial charge in [0, 0.05) is 18.1 Å². The Labute approximate surface area is 96.7 Å². The average Bonchev–Trinajstić information content (AvgIpc) is 2.25. The van der Waals surface area contributed by atoms with Gasteiger partial charge in [-0.3, -0.25) is 0 Å². The molecule has 2 heteroatoms. The standard InChI is InChI=1S/C14H18N2/c1-4-6-15-14-13-11(3)8-10(2)9-12(13)5-7-16-14/h5,7-9H,4,6H2,1-3H3,(H,15,16). The zero-order chi connectivity index (χ0) is 11.5. The Hall–Kier alpha value is -1.57. The van der Waals surface area contributed by atoms with E-state index in [4.69, 9.17) is 0 Å². The van der Waals surface area contributed by atoms with Gasteiger partial charge in [-0.05, 0) is 37.3 Å². The molecule has 1 N–H and O–H groups in total. The lowest BCUT2D eigenvalue weighted by Gasteiger charge is -2.10. The van der Waals surface area contributed by atoms with Crippen molar-refractivity contribution in [3.05, 3.63) is 35.5 Å². The van der Waals surface area contributed by atoms with Crippen LogP contribution in [0, 0.1) is 13.8 Å². The topological polar surface area (TPSA) is 24.9 Å². The lowest BCUT2D eigenvalue weighted by molar-refractivity contribution is 0.972. The van der Waals surface area contributed by atoms with E-state index in [1.807, 2.05) is 6.20 Å². The average molecular weight is 214 g/mol. The summed E-state index contributed by atoms with van der Waals surface area (Å²) in [5, 5.41) is 5.91. The van der Waals surface area contributed by atoms with Gasteiger partial charge in [-0.15, -0.1) is 0 Å². The summed E-state index contributed by atoms with van der Waals surface area (Å²) in [5.41, 5.74) is 2.60. The van der Waals surface area contributed by atoms with Crippen LogP contribution in [0.3, 0.4) is 0 Å². The first-order chi connectivity index (χ1) is 7.72. The fourth-order valence-electron chi connectivity index (χ4n) is 2.09. The van der Waals surface area contributed by atoms with Crippen molar-refractivity contribution in [2.24, 2.45) is 0 Å². The van der Waals surface area contributed by atoms with E-state index in [1.54, 1.807) is 0 Å². The summed E-state index contributed by atoms with van der Waals surface area (Å²) in [7, 11) is 0. The van der Waals surface area contributed by atoms with Crippen molar-refractivity contribution in [3.8, 4) is 0 Å². The van der Waals surface area contributed by atoms with Crippen LogP contribution >= 0.6 is 0 Å². The molecule has 0 fully saturated rings. The number of aromatic nitrogens is 1. The molecular weight excluding hydrogens is 196 g/mol. The third-order valence-electron chi connectivity index (χ3n) is 2.75. The molecule has 0 bridgehead atoms. The maximum atomic E-state index is 4.42. The molecule has 0 aliphatic carbocycles. The van der Waals surface area contributed by atoms with E-state index in [0.29, 0.717) is 0 Å². The second kappa shape index (κ2) is 4.52. The van der Waals surface area contributed by atoms with Crippen LogP contribution in [-0.4, -0.2) is 11.5 Å².